The van der Waals surface area contributed by atoms with Crippen LogP contribution >= 0.6 is 11.8 Å². The first kappa shape index (κ1) is 17.0. The highest BCUT2D eigenvalue weighted by molar-refractivity contribution is 8.00. The third kappa shape index (κ3) is 4.17. The standard InChI is InChI=1S/C18H21FN2O2S/c1-13(17(22)21-10-4-2-3-5-11-21)24-18-20-12-16(23-18)14-6-8-15(19)9-7-14/h6-9,12-13H,2-5,10-11H2,1H3. The van der Waals surface area contributed by atoms with Gasteiger partial charge in [-0.3, -0.25) is 4.79 Å². The maximum Gasteiger partial charge on any atom is 0.256 e. The number of hydrogen-bond acceptors (Lipinski definition) is 4. The molecule has 128 valence electrons. The number of hydrogen-bond donors (Lipinski definition) is 0. The first-order valence-electron chi connectivity index (χ1n) is 8.31. The van der Waals surface area contributed by atoms with E-state index in [1.807, 2.05) is 11.8 Å². The van der Waals surface area contributed by atoms with Crippen LogP contribution in [0.1, 0.15) is 32.6 Å². The zero-order chi connectivity index (χ0) is 16.9. The fourth-order valence-electron chi connectivity index (χ4n) is 2.81. The third-order valence-corrected chi connectivity index (χ3v) is 5.10. The number of thioether (sulfide) groups is 1. The summed E-state index contributed by atoms with van der Waals surface area (Å²) in [4.78, 5) is 18.7. The van der Waals surface area contributed by atoms with E-state index in [0.29, 0.717) is 11.0 Å². The lowest BCUT2D eigenvalue weighted by Gasteiger charge is -2.23. The van der Waals surface area contributed by atoms with Crippen LogP contribution in [0.5, 0.6) is 0 Å². The summed E-state index contributed by atoms with van der Waals surface area (Å²) in [5.74, 6) is 0.430. The Morgan fingerprint density at radius 2 is 1.88 bits per heavy atom. The van der Waals surface area contributed by atoms with Gasteiger partial charge in [-0.25, -0.2) is 9.37 Å². The first-order valence-corrected chi connectivity index (χ1v) is 9.18. The molecule has 0 radical (unpaired) electrons. The second-order valence-electron chi connectivity index (χ2n) is 6.00. The summed E-state index contributed by atoms with van der Waals surface area (Å²) in [6.07, 6.45) is 6.17. The largest absolute Gasteiger partial charge is 0.431 e. The monoisotopic (exact) mass is 348 g/mol. The number of carbonyl (C=O) groups is 1. The number of oxazole rings is 1. The fourth-order valence-corrected chi connectivity index (χ4v) is 3.61. The van der Waals surface area contributed by atoms with Crippen molar-refractivity contribution in [2.75, 3.05) is 13.1 Å². The van der Waals surface area contributed by atoms with E-state index in [9.17, 15) is 9.18 Å². The summed E-state index contributed by atoms with van der Waals surface area (Å²) >= 11 is 1.33. The summed E-state index contributed by atoms with van der Waals surface area (Å²) in [6.45, 7) is 3.58. The molecule has 1 aliphatic heterocycles. The van der Waals surface area contributed by atoms with Crippen LogP contribution in [0.3, 0.4) is 0 Å². The van der Waals surface area contributed by atoms with Gasteiger partial charge in [-0.05, 0) is 44.0 Å². The number of benzene rings is 1. The van der Waals surface area contributed by atoms with Crippen LogP contribution in [0.25, 0.3) is 11.3 Å². The van der Waals surface area contributed by atoms with Gasteiger partial charge in [-0.1, -0.05) is 24.6 Å². The van der Waals surface area contributed by atoms with Gasteiger partial charge in [0.15, 0.2) is 5.76 Å². The molecule has 0 N–H and O–H groups in total. The summed E-state index contributed by atoms with van der Waals surface area (Å²) in [6, 6.07) is 6.07. The Labute approximate surface area is 145 Å². The summed E-state index contributed by atoms with van der Waals surface area (Å²) < 4.78 is 18.7. The molecule has 0 spiro atoms. The lowest BCUT2D eigenvalue weighted by atomic mass is 10.2. The molecule has 2 aromatic rings. The van der Waals surface area contributed by atoms with Gasteiger partial charge in [0.05, 0.1) is 11.4 Å². The zero-order valence-electron chi connectivity index (χ0n) is 13.7. The topological polar surface area (TPSA) is 46.3 Å². The lowest BCUT2D eigenvalue weighted by molar-refractivity contribution is -0.130. The maximum atomic E-state index is 13.0. The van der Waals surface area contributed by atoms with E-state index in [2.05, 4.69) is 4.98 Å². The molecule has 3 rings (SSSR count). The van der Waals surface area contributed by atoms with Crippen molar-refractivity contribution < 1.29 is 13.6 Å². The average molecular weight is 348 g/mol. The smallest absolute Gasteiger partial charge is 0.256 e. The quantitative estimate of drug-likeness (QED) is 0.770. The van der Waals surface area contributed by atoms with Gasteiger partial charge < -0.3 is 9.32 Å². The molecule has 0 bridgehead atoms. The van der Waals surface area contributed by atoms with E-state index >= 15 is 0 Å². The van der Waals surface area contributed by atoms with E-state index in [1.165, 1.54) is 36.7 Å². The Bertz CT molecular complexity index is 679. The van der Waals surface area contributed by atoms with Crippen LogP contribution in [0.4, 0.5) is 4.39 Å². The maximum absolute atomic E-state index is 13.0. The van der Waals surface area contributed by atoms with E-state index in [0.717, 1.165) is 31.5 Å². The van der Waals surface area contributed by atoms with Crippen molar-refractivity contribution in [2.24, 2.45) is 0 Å². The number of likely N-dealkylation sites (tertiary alicyclic amines) is 1. The highest BCUT2D eigenvalue weighted by Crippen LogP contribution is 2.29. The van der Waals surface area contributed by atoms with Crippen LogP contribution in [0.2, 0.25) is 0 Å². The Morgan fingerprint density at radius 1 is 1.21 bits per heavy atom. The van der Waals surface area contributed by atoms with Gasteiger partial charge in [0, 0.05) is 18.7 Å². The molecule has 1 unspecified atom stereocenters. The third-order valence-electron chi connectivity index (χ3n) is 4.16. The van der Waals surface area contributed by atoms with Crippen molar-refractivity contribution in [3.63, 3.8) is 0 Å². The Balaban J connectivity index is 1.63. The van der Waals surface area contributed by atoms with Gasteiger partial charge in [0.25, 0.3) is 5.22 Å². The molecule has 1 aliphatic rings. The second kappa shape index (κ2) is 7.83. The number of nitrogens with zero attached hydrogens (tertiary/aromatic N) is 2. The molecule has 6 heteroatoms. The normalized spacial score (nSPS) is 16.7. The van der Waals surface area contributed by atoms with Crippen LogP contribution < -0.4 is 0 Å². The molecule has 2 heterocycles. The molecule has 0 aliphatic carbocycles. The van der Waals surface area contributed by atoms with Gasteiger partial charge in [-0.15, -0.1) is 0 Å². The Morgan fingerprint density at radius 3 is 2.54 bits per heavy atom. The number of aromatic nitrogens is 1. The molecule has 1 amide bonds. The molecule has 1 aromatic heterocycles. The Kier molecular flexibility index (Phi) is 5.56. The first-order chi connectivity index (χ1) is 11.6. The summed E-state index contributed by atoms with van der Waals surface area (Å²) in [7, 11) is 0. The van der Waals surface area contributed by atoms with Gasteiger partial charge in [0.1, 0.15) is 5.82 Å². The number of rotatable bonds is 4. The van der Waals surface area contributed by atoms with Gasteiger partial charge in [0.2, 0.25) is 5.91 Å². The SMILES string of the molecule is CC(Sc1ncc(-c2ccc(F)cc2)o1)C(=O)N1CCCCCC1. The van der Waals surface area contributed by atoms with Crippen LogP contribution in [0.15, 0.2) is 40.1 Å². The predicted molar refractivity (Wildman–Crippen MR) is 92.3 cm³/mol. The highest BCUT2D eigenvalue weighted by atomic mass is 32.2. The number of carbonyl (C=O) groups excluding carboxylic acids is 1. The van der Waals surface area contributed by atoms with Crippen molar-refractivity contribution in [2.45, 2.75) is 43.1 Å². The fraction of sp³-hybridized carbons (Fsp3) is 0.444. The van der Waals surface area contributed by atoms with Gasteiger partial charge >= 0.3 is 0 Å². The Hall–Kier alpha value is -1.82. The minimum Gasteiger partial charge on any atom is -0.431 e. The molecular weight excluding hydrogens is 327 g/mol. The average Bonchev–Trinajstić information content (AvgIpc) is 2.88. The molecule has 1 saturated heterocycles. The van der Waals surface area contributed by atoms with Crippen molar-refractivity contribution >= 4 is 17.7 Å². The molecule has 0 saturated carbocycles. The highest BCUT2D eigenvalue weighted by Gasteiger charge is 2.24. The molecule has 1 aromatic carbocycles. The van der Waals surface area contributed by atoms with Gasteiger partial charge in [-0.2, -0.15) is 0 Å². The minimum absolute atomic E-state index is 0.142. The van der Waals surface area contributed by atoms with E-state index in [4.69, 9.17) is 4.42 Å². The minimum atomic E-state index is -0.287. The van der Waals surface area contributed by atoms with Crippen LogP contribution in [-0.4, -0.2) is 34.1 Å². The lowest BCUT2D eigenvalue weighted by Crippen LogP contribution is -2.37. The zero-order valence-corrected chi connectivity index (χ0v) is 14.5. The van der Waals surface area contributed by atoms with Crippen LogP contribution in [-0.2, 0) is 4.79 Å². The predicted octanol–water partition coefficient (Wildman–Crippen LogP) is 4.36. The van der Waals surface area contributed by atoms with E-state index < -0.39 is 0 Å². The molecule has 4 nitrogen and oxygen atoms in total. The molecule has 1 fully saturated rings. The molecule has 1 atom stereocenters. The van der Waals surface area contributed by atoms with Crippen molar-refractivity contribution in [1.29, 1.82) is 0 Å². The number of amides is 1. The van der Waals surface area contributed by atoms with Crippen LogP contribution in [0, 0.1) is 5.82 Å². The number of halogens is 1. The van der Waals surface area contributed by atoms with Crippen molar-refractivity contribution in [3.8, 4) is 11.3 Å². The van der Waals surface area contributed by atoms with Crippen molar-refractivity contribution in [1.82, 2.24) is 9.88 Å². The van der Waals surface area contributed by atoms with E-state index in [1.54, 1.807) is 18.3 Å². The van der Waals surface area contributed by atoms with E-state index in [-0.39, 0.29) is 17.0 Å². The van der Waals surface area contributed by atoms with Crippen molar-refractivity contribution in [3.05, 3.63) is 36.3 Å². The molecule has 24 heavy (non-hydrogen) atoms. The molecular formula is C18H21FN2O2S. The second-order valence-corrected chi connectivity index (χ2v) is 7.29. The summed E-state index contributed by atoms with van der Waals surface area (Å²) in [5.41, 5.74) is 0.766. The summed E-state index contributed by atoms with van der Waals surface area (Å²) in [5, 5.41) is 0.229.